The summed E-state index contributed by atoms with van der Waals surface area (Å²) in [5.41, 5.74) is 1.96. The lowest BCUT2D eigenvalue weighted by atomic mass is 9.99. The Morgan fingerprint density at radius 3 is 2.50 bits per heavy atom. The largest absolute Gasteiger partial charge is 0.479 e. The summed E-state index contributed by atoms with van der Waals surface area (Å²) < 4.78 is 10.5. The minimum atomic E-state index is -1.84. The summed E-state index contributed by atoms with van der Waals surface area (Å²) in [5.74, 6) is -1.74. The van der Waals surface area contributed by atoms with E-state index in [1.807, 2.05) is 6.07 Å². The van der Waals surface area contributed by atoms with Crippen molar-refractivity contribution in [3.8, 4) is 23.1 Å². The summed E-state index contributed by atoms with van der Waals surface area (Å²) in [4.78, 5) is 19.3. The first-order valence-electron chi connectivity index (χ1n) is 8.24. The van der Waals surface area contributed by atoms with Gasteiger partial charge < -0.3 is 29.9 Å². The molecule has 2 aromatic rings. The minimum Gasteiger partial charge on any atom is -0.479 e. The Kier molecular flexibility index (Phi) is 5.53. The second-order valence-electron chi connectivity index (χ2n) is 6.17. The molecule has 0 saturated carbocycles. The normalized spacial score (nSPS) is 27.0. The Morgan fingerprint density at radius 2 is 1.89 bits per heavy atom. The zero-order valence-corrected chi connectivity index (χ0v) is 14.6. The third-order valence-electron chi connectivity index (χ3n) is 4.33. The molecule has 3 heterocycles. The van der Waals surface area contributed by atoms with E-state index in [1.165, 1.54) is 6.07 Å². The van der Waals surface area contributed by atoms with Crippen LogP contribution in [0, 0.1) is 18.3 Å². The van der Waals surface area contributed by atoms with Crippen LogP contribution in [0.4, 0.5) is 0 Å². The number of nitrogens with zero attached hydrogens (tertiary/aromatic N) is 3. The maximum Gasteiger partial charge on any atom is 0.335 e. The molecule has 1 aliphatic heterocycles. The summed E-state index contributed by atoms with van der Waals surface area (Å²) >= 11 is 0. The molecule has 146 valence electrons. The van der Waals surface area contributed by atoms with E-state index in [1.54, 1.807) is 31.5 Å². The second-order valence-corrected chi connectivity index (χ2v) is 6.17. The van der Waals surface area contributed by atoms with Crippen LogP contribution in [0.3, 0.4) is 0 Å². The van der Waals surface area contributed by atoms with Gasteiger partial charge in [-0.2, -0.15) is 5.26 Å². The van der Waals surface area contributed by atoms with Crippen LogP contribution >= 0.6 is 0 Å². The summed E-state index contributed by atoms with van der Waals surface area (Å²) in [5, 5.41) is 48.2. The number of ether oxygens (including phenoxy) is 2. The van der Waals surface area contributed by atoms with Crippen LogP contribution in [0.2, 0.25) is 0 Å². The van der Waals surface area contributed by atoms with E-state index < -0.39 is 36.7 Å². The maximum atomic E-state index is 11.2. The van der Waals surface area contributed by atoms with E-state index in [2.05, 4.69) is 9.97 Å². The van der Waals surface area contributed by atoms with Crippen molar-refractivity contribution in [2.24, 2.45) is 0 Å². The molecule has 3 rings (SSSR count). The summed E-state index contributed by atoms with van der Waals surface area (Å²) in [7, 11) is 0. The summed E-state index contributed by atoms with van der Waals surface area (Å²) in [6.07, 6.45) is -5.68. The number of aromatic nitrogens is 2. The third-order valence-corrected chi connectivity index (χ3v) is 4.33. The molecule has 0 spiro atoms. The van der Waals surface area contributed by atoms with Crippen molar-refractivity contribution < 1.29 is 34.7 Å². The number of aryl methyl sites for hydroxylation is 1. The molecule has 28 heavy (non-hydrogen) atoms. The van der Waals surface area contributed by atoms with Crippen LogP contribution in [0.15, 0.2) is 30.6 Å². The average Bonchev–Trinajstić information content (AvgIpc) is 2.69. The summed E-state index contributed by atoms with van der Waals surface area (Å²) in [6.45, 7) is 1.68. The number of pyridine rings is 2. The van der Waals surface area contributed by atoms with Gasteiger partial charge in [0, 0.05) is 23.7 Å². The Morgan fingerprint density at radius 1 is 1.21 bits per heavy atom. The Hall–Kier alpha value is -3.10. The van der Waals surface area contributed by atoms with E-state index >= 15 is 0 Å². The molecule has 4 N–H and O–H groups in total. The van der Waals surface area contributed by atoms with Crippen LogP contribution in [0.25, 0.3) is 11.1 Å². The fraction of sp³-hybridized carbons (Fsp3) is 0.333. The number of aliphatic carboxylic acids is 1. The van der Waals surface area contributed by atoms with Gasteiger partial charge in [0.05, 0.1) is 0 Å². The van der Waals surface area contributed by atoms with Crippen LogP contribution in [0.1, 0.15) is 11.3 Å². The molecule has 5 atom stereocenters. The smallest absolute Gasteiger partial charge is 0.335 e. The van der Waals surface area contributed by atoms with E-state index in [9.17, 15) is 25.4 Å². The van der Waals surface area contributed by atoms with Crippen LogP contribution in [-0.2, 0) is 9.53 Å². The van der Waals surface area contributed by atoms with E-state index in [0.717, 1.165) is 5.56 Å². The number of carboxylic acid groups (broad SMARTS) is 1. The lowest BCUT2D eigenvalue weighted by Crippen LogP contribution is -2.61. The van der Waals surface area contributed by atoms with Gasteiger partial charge in [-0.1, -0.05) is 0 Å². The number of nitriles is 1. The lowest BCUT2D eigenvalue weighted by molar-refractivity contribution is -0.271. The van der Waals surface area contributed by atoms with Crippen LogP contribution < -0.4 is 4.74 Å². The van der Waals surface area contributed by atoms with Gasteiger partial charge in [0.1, 0.15) is 29.9 Å². The molecular formula is C18H17N3O7. The highest BCUT2D eigenvalue weighted by molar-refractivity contribution is 5.73. The average molecular weight is 387 g/mol. The Bertz CT molecular complexity index is 915. The van der Waals surface area contributed by atoms with Gasteiger partial charge in [-0.3, -0.25) is 4.98 Å². The number of aliphatic hydroxyl groups is 3. The molecule has 10 heteroatoms. The van der Waals surface area contributed by atoms with Crippen molar-refractivity contribution in [3.05, 3.63) is 41.9 Å². The quantitative estimate of drug-likeness (QED) is 0.542. The van der Waals surface area contributed by atoms with Gasteiger partial charge in [-0.15, -0.1) is 0 Å². The lowest BCUT2D eigenvalue weighted by Gasteiger charge is -2.38. The topological polar surface area (TPSA) is 166 Å². The number of hydrogen-bond donors (Lipinski definition) is 4. The first-order chi connectivity index (χ1) is 13.3. The number of carboxylic acids is 1. The number of aliphatic hydroxyl groups excluding tert-OH is 3. The monoisotopic (exact) mass is 387 g/mol. The number of rotatable bonds is 4. The van der Waals surface area contributed by atoms with Crippen LogP contribution in [0.5, 0.6) is 5.88 Å². The highest BCUT2D eigenvalue weighted by Crippen LogP contribution is 2.30. The molecule has 0 aromatic carbocycles. The molecule has 10 nitrogen and oxygen atoms in total. The predicted molar refractivity (Wildman–Crippen MR) is 91.9 cm³/mol. The highest BCUT2D eigenvalue weighted by Gasteiger charge is 2.48. The van der Waals surface area contributed by atoms with Gasteiger partial charge in [-0.05, 0) is 30.7 Å². The molecule has 0 bridgehead atoms. The fourth-order valence-electron chi connectivity index (χ4n) is 2.84. The van der Waals surface area contributed by atoms with Crippen molar-refractivity contribution in [3.63, 3.8) is 0 Å². The zero-order valence-electron chi connectivity index (χ0n) is 14.6. The van der Waals surface area contributed by atoms with Crippen molar-refractivity contribution in [1.29, 1.82) is 5.26 Å². The van der Waals surface area contributed by atoms with Gasteiger partial charge in [0.25, 0.3) is 0 Å². The molecule has 1 fully saturated rings. The molecule has 0 unspecified atom stereocenters. The van der Waals surface area contributed by atoms with E-state index in [4.69, 9.17) is 14.6 Å². The molecule has 0 radical (unpaired) electrons. The first-order valence-corrected chi connectivity index (χ1v) is 8.24. The Labute approximate surface area is 159 Å². The van der Waals surface area contributed by atoms with Gasteiger partial charge in [0.15, 0.2) is 6.10 Å². The standard InChI is InChI=1S/C18H17N3O7/c1-8-11(9-2-4-20-5-3-9)6-10(7-19)16(21-8)28-18-14(24)12(22)13(23)15(27-18)17(25)26/h2-6,12-15,18,22-24H,1H3,(H,25,26)/t12-,13-,14+,15-,18-/m1/s1. The number of carbonyl (C=O) groups is 1. The minimum absolute atomic E-state index is 0.0145. The molecule has 2 aromatic heterocycles. The third kappa shape index (κ3) is 3.64. The molecular weight excluding hydrogens is 370 g/mol. The van der Waals surface area contributed by atoms with Crippen molar-refractivity contribution >= 4 is 5.97 Å². The predicted octanol–water partition coefficient (Wildman–Crippen LogP) is -0.405. The van der Waals surface area contributed by atoms with Gasteiger partial charge in [0.2, 0.25) is 12.2 Å². The molecule has 1 saturated heterocycles. The fourth-order valence-corrected chi connectivity index (χ4v) is 2.84. The SMILES string of the molecule is Cc1nc(O[C@H]2O[C@@H](C(=O)O)[C@H](O)[C@@H](O)[C@@H]2O)c(C#N)cc1-c1ccncc1. The Balaban J connectivity index is 1.93. The van der Waals surface area contributed by atoms with Crippen molar-refractivity contribution in [1.82, 2.24) is 9.97 Å². The summed E-state index contributed by atoms with van der Waals surface area (Å²) in [6, 6.07) is 6.94. The van der Waals surface area contributed by atoms with Crippen molar-refractivity contribution in [2.75, 3.05) is 0 Å². The highest BCUT2D eigenvalue weighted by atomic mass is 16.7. The van der Waals surface area contributed by atoms with Gasteiger partial charge >= 0.3 is 5.97 Å². The second kappa shape index (κ2) is 7.87. The first kappa shape index (κ1) is 19.7. The van der Waals surface area contributed by atoms with E-state index in [0.29, 0.717) is 11.3 Å². The molecule has 0 amide bonds. The van der Waals surface area contributed by atoms with Crippen molar-refractivity contribution in [2.45, 2.75) is 37.6 Å². The zero-order chi connectivity index (χ0) is 20.4. The molecule has 1 aliphatic rings. The molecule has 0 aliphatic carbocycles. The van der Waals surface area contributed by atoms with E-state index in [-0.39, 0.29) is 11.4 Å². The van der Waals surface area contributed by atoms with Crippen LogP contribution in [-0.4, -0.2) is 67.1 Å². The van der Waals surface area contributed by atoms with Gasteiger partial charge in [-0.25, -0.2) is 9.78 Å². The number of hydrogen-bond acceptors (Lipinski definition) is 9. The maximum absolute atomic E-state index is 11.2.